The summed E-state index contributed by atoms with van der Waals surface area (Å²) in [6, 6.07) is 1.71. The zero-order chi connectivity index (χ0) is 14.6. The van der Waals surface area contributed by atoms with E-state index in [4.69, 9.17) is 4.74 Å². The lowest BCUT2D eigenvalue weighted by Crippen LogP contribution is -2.27. The van der Waals surface area contributed by atoms with Gasteiger partial charge in [-0.05, 0) is 41.8 Å². The molecule has 0 saturated heterocycles. The summed E-state index contributed by atoms with van der Waals surface area (Å²) in [5, 5.41) is 2.62. The molecule has 0 unspecified atom stereocenters. The van der Waals surface area contributed by atoms with Gasteiger partial charge in [-0.25, -0.2) is 14.8 Å². The standard InChI is InChI=1S/C13H22N4O2/c1-9-7-10(15-11(14-9)8-17(5)6)16-12(18)19-13(2,3)4/h7H,8H2,1-6H3,(H,14,15,16,18). The first-order valence-corrected chi connectivity index (χ1v) is 6.15. The molecule has 0 aliphatic rings. The van der Waals surface area contributed by atoms with Crippen molar-refractivity contribution >= 4 is 11.9 Å². The van der Waals surface area contributed by atoms with Crippen molar-refractivity contribution in [2.75, 3.05) is 19.4 Å². The molecule has 0 spiro atoms. The average molecular weight is 266 g/mol. The van der Waals surface area contributed by atoms with Gasteiger partial charge in [0, 0.05) is 11.8 Å². The lowest BCUT2D eigenvalue weighted by Gasteiger charge is -2.19. The predicted octanol–water partition coefficient (Wildman–Crippen LogP) is 2.19. The maximum absolute atomic E-state index is 11.7. The van der Waals surface area contributed by atoms with Crippen LogP contribution in [0.3, 0.4) is 0 Å². The van der Waals surface area contributed by atoms with Crippen LogP contribution in [0.1, 0.15) is 32.3 Å². The Hall–Kier alpha value is -1.69. The summed E-state index contributed by atoms with van der Waals surface area (Å²) >= 11 is 0. The molecule has 1 heterocycles. The molecular weight excluding hydrogens is 244 g/mol. The Morgan fingerprint density at radius 3 is 2.53 bits per heavy atom. The van der Waals surface area contributed by atoms with E-state index in [0.29, 0.717) is 18.2 Å². The van der Waals surface area contributed by atoms with Crippen molar-refractivity contribution in [3.63, 3.8) is 0 Å². The van der Waals surface area contributed by atoms with Crippen LogP contribution in [0.4, 0.5) is 10.6 Å². The monoisotopic (exact) mass is 266 g/mol. The fourth-order valence-corrected chi connectivity index (χ4v) is 1.46. The van der Waals surface area contributed by atoms with E-state index >= 15 is 0 Å². The van der Waals surface area contributed by atoms with E-state index in [1.165, 1.54) is 0 Å². The van der Waals surface area contributed by atoms with Crippen molar-refractivity contribution in [2.24, 2.45) is 0 Å². The number of aryl methyl sites for hydroxylation is 1. The van der Waals surface area contributed by atoms with Gasteiger partial charge in [0.15, 0.2) is 0 Å². The second kappa shape index (κ2) is 5.97. The molecule has 0 aliphatic carbocycles. The third-order valence-electron chi connectivity index (χ3n) is 1.99. The largest absolute Gasteiger partial charge is 0.444 e. The van der Waals surface area contributed by atoms with Gasteiger partial charge in [-0.2, -0.15) is 0 Å². The molecule has 0 radical (unpaired) electrons. The second-order valence-corrected chi connectivity index (χ2v) is 5.68. The number of amides is 1. The highest BCUT2D eigenvalue weighted by Gasteiger charge is 2.17. The SMILES string of the molecule is Cc1cc(NC(=O)OC(C)(C)C)nc(CN(C)C)n1. The van der Waals surface area contributed by atoms with Gasteiger partial charge in [0.05, 0.1) is 6.54 Å². The van der Waals surface area contributed by atoms with E-state index < -0.39 is 11.7 Å². The Morgan fingerprint density at radius 1 is 1.37 bits per heavy atom. The van der Waals surface area contributed by atoms with E-state index in [-0.39, 0.29) is 0 Å². The third-order valence-corrected chi connectivity index (χ3v) is 1.99. The van der Waals surface area contributed by atoms with Gasteiger partial charge in [-0.3, -0.25) is 5.32 Å². The van der Waals surface area contributed by atoms with E-state index in [9.17, 15) is 4.79 Å². The van der Waals surface area contributed by atoms with Crippen LogP contribution in [0.2, 0.25) is 0 Å². The number of hydrogen-bond donors (Lipinski definition) is 1. The minimum Gasteiger partial charge on any atom is -0.444 e. The van der Waals surface area contributed by atoms with Crippen LogP contribution < -0.4 is 5.32 Å². The van der Waals surface area contributed by atoms with Gasteiger partial charge in [-0.15, -0.1) is 0 Å². The summed E-state index contributed by atoms with van der Waals surface area (Å²) in [4.78, 5) is 22.2. The maximum atomic E-state index is 11.7. The first kappa shape index (κ1) is 15.4. The molecule has 6 heteroatoms. The summed E-state index contributed by atoms with van der Waals surface area (Å²) < 4.78 is 5.18. The number of carbonyl (C=O) groups excluding carboxylic acids is 1. The molecule has 0 aromatic carbocycles. The Morgan fingerprint density at radius 2 is 2.00 bits per heavy atom. The molecule has 0 aliphatic heterocycles. The van der Waals surface area contributed by atoms with Crippen molar-refractivity contribution in [1.29, 1.82) is 0 Å². The minimum atomic E-state index is -0.529. The zero-order valence-electron chi connectivity index (χ0n) is 12.4. The van der Waals surface area contributed by atoms with Crippen LogP contribution in [0.25, 0.3) is 0 Å². The molecule has 0 atom stereocenters. The number of nitrogens with one attached hydrogen (secondary N) is 1. The van der Waals surface area contributed by atoms with Crippen LogP contribution >= 0.6 is 0 Å². The molecule has 1 aromatic rings. The Kier molecular flexibility index (Phi) is 4.83. The lowest BCUT2D eigenvalue weighted by atomic mass is 10.2. The summed E-state index contributed by atoms with van der Waals surface area (Å²) in [7, 11) is 3.87. The van der Waals surface area contributed by atoms with Gasteiger partial charge >= 0.3 is 6.09 Å². The number of anilines is 1. The molecule has 0 saturated carbocycles. The van der Waals surface area contributed by atoms with E-state index in [0.717, 1.165) is 5.69 Å². The second-order valence-electron chi connectivity index (χ2n) is 5.68. The molecule has 6 nitrogen and oxygen atoms in total. The lowest BCUT2D eigenvalue weighted by molar-refractivity contribution is 0.0635. The van der Waals surface area contributed by atoms with E-state index in [1.54, 1.807) is 6.07 Å². The van der Waals surface area contributed by atoms with Crippen molar-refractivity contribution in [3.05, 3.63) is 17.6 Å². The number of ether oxygens (including phenoxy) is 1. The van der Waals surface area contributed by atoms with Crippen LogP contribution in [-0.4, -0.2) is 40.7 Å². The fourth-order valence-electron chi connectivity index (χ4n) is 1.46. The van der Waals surface area contributed by atoms with Gasteiger partial charge in [0.2, 0.25) is 0 Å². The number of nitrogens with zero attached hydrogens (tertiary/aromatic N) is 3. The van der Waals surface area contributed by atoms with Gasteiger partial charge in [-0.1, -0.05) is 0 Å². The fraction of sp³-hybridized carbons (Fsp3) is 0.615. The Bertz CT molecular complexity index is 452. The van der Waals surface area contributed by atoms with Crippen molar-refractivity contribution in [2.45, 2.75) is 39.8 Å². The smallest absolute Gasteiger partial charge is 0.413 e. The highest BCUT2D eigenvalue weighted by Crippen LogP contribution is 2.11. The molecule has 0 bridgehead atoms. The Balaban J connectivity index is 2.78. The summed E-state index contributed by atoms with van der Waals surface area (Å²) in [6.45, 7) is 7.92. The average Bonchev–Trinajstić information content (AvgIpc) is 2.10. The number of rotatable bonds is 3. The summed E-state index contributed by atoms with van der Waals surface area (Å²) in [5.74, 6) is 1.12. The van der Waals surface area contributed by atoms with E-state index in [2.05, 4.69) is 15.3 Å². The first-order valence-electron chi connectivity index (χ1n) is 6.15. The number of hydrogen-bond acceptors (Lipinski definition) is 5. The molecule has 106 valence electrons. The summed E-state index contributed by atoms with van der Waals surface area (Å²) in [6.07, 6.45) is -0.513. The third kappa shape index (κ3) is 6.15. The van der Waals surface area contributed by atoms with Crippen LogP contribution in [-0.2, 0) is 11.3 Å². The van der Waals surface area contributed by atoms with Gasteiger partial charge in [0.1, 0.15) is 17.2 Å². The van der Waals surface area contributed by atoms with Crippen molar-refractivity contribution < 1.29 is 9.53 Å². The molecule has 1 rings (SSSR count). The van der Waals surface area contributed by atoms with Gasteiger partial charge < -0.3 is 9.64 Å². The maximum Gasteiger partial charge on any atom is 0.413 e. The molecule has 0 fully saturated rings. The highest BCUT2D eigenvalue weighted by molar-refractivity contribution is 5.83. The Labute approximate surface area is 114 Å². The normalized spacial score (nSPS) is 11.5. The van der Waals surface area contributed by atoms with Crippen LogP contribution in [0.15, 0.2) is 6.07 Å². The zero-order valence-corrected chi connectivity index (χ0v) is 12.4. The first-order chi connectivity index (χ1) is 8.65. The molecule has 19 heavy (non-hydrogen) atoms. The van der Waals surface area contributed by atoms with Crippen molar-refractivity contribution in [1.82, 2.24) is 14.9 Å². The predicted molar refractivity (Wildman–Crippen MR) is 74.0 cm³/mol. The quantitative estimate of drug-likeness (QED) is 0.908. The number of aromatic nitrogens is 2. The molecule has 1 N–H and O–H groups in total. The van der Waals surface area contributed by atoms with Crippen molar-refractivity contribution in [3.8, 4) is 0 Å². The minimum absolute atomic E-state index is 0.457. The van der Waals surface area contributed by atoms with Gasteiger partial charge in [0.25, 0.3) is 0 Å². The number of carbonyl (C=O) groups is 1. The molecular formula is C13H22N4O2. The topological polar surface area (TPSA) is 67.3 Å². The summed E-state index contributed by atoms with van der Waals surface area (Å²) in [5.41, 5.74) is 0.274. The molecule has 1 amide bonds. The van der Waals surface area contributed by atoms with Crippen LogP contribution in [0.5, 0.6) is 0 Å². The van der Waals surface area contributed by atoms with Crippen LogP contribution in [0, 0.1) is 6.92 Å². The highest BCUT2D eigenvalue weighted by atomic mass is 16.6. The van der Waals surface area contributed by atoms with E-state index in [1.807, 2.05) is 46.7 Å². The molecule has 1 aromatic heterocycles.